The third-order valence-corrected chi connectivity index (χ3v) is 3.51. The summed E-state index contributed by atoms with van der Waals surface area (Å²) in [7, 11) is 1.58. The van der Waals surface area contributed by atoms with Gasteiger partial charge in [0.05, 0.1) is 13.2 Å². The van der Waals surface area contributed by atoms with Gasteiger partial charge in [-0.3, -0.25) is 4.79 Å². The quantitative estimate of drug-likeness (QED) is 0.777. The number of furan rings is 1. The molecular formula is C16H16BrNO5. The van der Waals surface area contributed by atoms with E-state index in [9.17, 15) is 9.59 Å². The molecule has 0 saturated carbocycles. The summed E-state index contributed by atoms with van der Waals surface area (Å²) >= 11 is 3.09. The number of carbonyl (C=O) groups excluding carboxylic acids is 2. The Morgan fingerprint density at radius 2 is 2.09 bits per heavy atom. The normalized spacial score (nSPS) is 11.6. The van der Waals surface area contributed by atoms with Crippen molar-refractivity contribution in [2.45, 2.75) is 13.0 Å². The highest BCUT2D eigenvalue weighted by Gasteiger charge is 2.15. The van der Waals surface area contributed by atoms with Crippen molar-refractivity contribution in [3.05, 3.63) is 52.4 Å². The molecule has 0 aliphatic heterocycles. The molecule has 1 aromatic heterocycles. The van der Waals surface area contributed by atoms with Crippen molar-refractivity contribution in [3.63, 3.8) is 0 Å². The minimum Gasteiger partial charge on any atom is -0.497 e. The van der Waals surface area contributed by atoms with Crippen molar-refractivity contribution in [2.24, 2.45) is 0 Å². The lowest BCUT2D eigenvalue weighted by Gasteiger charge is -2.15. The summed E-state index contributed by atoms with van der Waals surface area (Å²) in [6.07, 6.45) is 0. The summed E-state index contributed by atoms with van der Waals surface area (Å²) < 4.78 is 15.5. The van der Waals surface area contributed by atoms with Gasteiger partial charge < -0.3 is 19.2 Å². The molecule has 1 aromatic carbocycles. The number of amides is 1. The fourth-order valence-corrected chi connectivity index (χ4v) is 2.21. The molecule has 0 radical (unpaired) electrons. The first-order valence-electron chi connectivity index (χ1n) is 6.85. The number of halogens is 1. The number of methoxy groups -OCH3 is 1. The van der Waals surface area contributed by atoms with Gasteiger partial charge in [-0.05, 0) is 52.7 Å². The van der Waals surface area contributed by atoms with Gasteiger partial charge in [0.25, 0.3) is 5.91 Å². The Kier molecular flexibility index (Phi) is 5.81. The third kappa shape index (κ3) is 4.85. The standard InChI is InChI=1S/C16H16BrNO5/c1-10(11-4-3-5-12(8-11)21-2)18-15(19)9-22-16(20)13-6-7-14(17)23-13/h3-8,10H,9H2,1-2H3,(H,18,19)/t10-/m0/s1. The van der Waals surface area contributed by atoms with Crippen LogP contribution in [0.1, 0.15) is 29.1 Å². The van der Waals surface area contributed by atoms with Gasteiger partial charge in [-0.1, -0.05) is 12.1 Å². The second-order valence-electron chi connectivity index (χ2n) is 4.75. The number of ether oxygens (including phenoxy) is 2. The highest BCUT2D eigenvalue weighted by molar-refractivity contribution is 9.10. The van der Waals surface area contributed by atoms with Crippen LogP contribution in [-0.4, -0.2) is 25.6 Å². The lowest BCUT2D eigenvalue weighted by Crippen LogP contribution is -2.31. The van der Waals surface area contributed by atoms with Crippen LogP contribution in [0, 0.1) is 0 Å². The average Bonchev–Trinajstić information content (AvgIpc) is 2.99. The Balaban J connectivity index is 1.85. The van der Waals surface area contributed by atoms with E-state index < -0.39 is 11.9 Å². The molecule has 1 heterocycles. The summed E-state index contributed by atoms with van der Waals surface area (Å²) in [5.41, 5.74) is 0.888. The molecule has 1 amide bonds. The minimum atomic E-state index is -0.695. The summed E-state index contributed by atoms with van der Waals surface area (Å²) in [6.45, 7) is 1.45. The number of benzene rings is 1. The molecule has 6 nitrogen and oxygen atoms in total. The molecule has 0 saturated heterocycles. The van der Waals surface area contributed by atoms with Gasteiger partial charge in [0, 0.05) is 0 Å². The maximum absolute atomic E-state index is 11.9. The number of esters is 1. The first-order valence-corrected chi connectivity index (χ1v) is 7.64. The van der Waals surface area contributed by atoms with E-state index in [1.807, 2.05) is 31.2 Å². The van der Waals surface area contributed by atoms with Gasteiger partial charge in [0.1, 0.15) is 5.75 Å². The van der Waals surface area contributed by atoms with Crippen molar-refractivity contribution in [1.82, 2.24) is 5.32 Å². The van der Waals surface area contributed by atoms with E-state index in [-0.39, 0.29) is 18.4 Å². The van der Waals surface area contributed by atoms with E-state index in [0.717, 1.165) is 5.56 Å². The second kappa shape index (κ2) is 7.82. The van der Waals surface area contributed by atoms with Gasteiger partial charge in [0.15, 0.2) is 11.3 Å². The van der Waals surface area contributed by atoms with E-state index in [4.69, 9.17) is 13.9 Å². The van der Waals surface area contributed by atoms with Crippen molar-refractivity contribution in [1.29, 1.82) is 0 Å². The molecule has 0 aliphatic rings. The van der Waals surface area contributed by atoms with Gasteiger partial charge in [-0.25, -0.2) is 4.79 Å². The van der Waals surface area contributed by atoms with Gasteiger partial charge in [-0.15, -0.1) is 0 Å². The fraction of sp³-hybridized carbons (Fsp3) is 0.250. The number of carbonyl (C=O) groups is 2. The van der Waals surface area contributed by atoms with E-state index in [0.29, 0.717) is 10.4 Å². The lowest BCUT2D eigenvalue weighted by molar-refractivity contribution is -0.124. The number of rotatable bonds is 6. The van der Waals surface area contributed by atoms with Crippen LogP contribution in [0.4, 0.5) is 0 Å². The van der Waals surface area contributed by atoms with Crippen LogP contribution in [0.3, 0.4) is 0 Å². The van der Waals surface area contributed by atoms with Crippen LogP contribution in [-0.2, 0) is 9.53 Å². The smallest absolute Gasteiger partial charge is 0.374 e. The van der Waals surface area contributed by atoms with Crippen LogP contribution in [0.15, 0.2) is 45.5 Å². The number of nitrogens with one attached hydrogen (secondary N) is 1. The molecule has 1 atom stereocenters. The Morgan fingerprint density at radius 1 is 1.30 bits per heavy atom. The SMILES string of the molecule is COc1cccc([C@H](C)NC(=O)COC(=O)c2ccc(Br)o2)c1. The van der Waals surface area contributed by atoms with Gasteiger partial charge in [0.2, 0.25) is 5.76 Å². The van der Waals surface area contributed by atoms with Crippen molar-refractivity contribution in [2.75, 3.05) is 13.7 Å². The lowest BCUT2D eigenvalue weighted by atomic mass is 10.1. The van der Waals surface area contributed by atoms with Crippen LogP contribution in [0.25, 0.3) is 0 Å². The summed E-state index contributed by atoms with van der Waals surface area (Å²) in [5.74, 6) is -0.358. The van der Waals surface area contributed by atoms with Crippen molar-refractivity contribution in [3.8, 4) is 5.75 Å². The largest absolute Gasteiger partial charge is 0.497 e. The Labute approximate surface area is 141 Å². The maximum atomic E-state index is 11.9. The van der Waals surface area contributed by atoms with Crippen LogP contribution in [0.2, 0.25) is 0 Å². The Hall–Kier alpha value is -2.28. The average molecular weight is 382 g/mol. The maximum Gasteiger partial charge on any atom is 0.374 e. The predicted molar refractivity (Wildman–Crippen MR) is 86.2 cm³/mol. The van der Waals surface area contributed by atoms with Crippen LogP contribution in [0.5, 0.6) is 5.75 Å². The summed E-state index contributed by atoms with van der Waals surface area (Å²) in [5, 5.41) is 2.75. The number of hydrogen-bond donors (Lipinski definition) is 1. The molecular weight excluding hydrogens is 366 g/mol. The Morgan fingerprint density at radius 3 is 2.74 bits per heavy atom. The van der Waals surface area contributed by atoms with Gasteiger partial charge >= 0.3 is 5.97 Å². The third-order valence-electron chi connectivity index (χ3n) is 3.08. The molecule has 0 bridgehead atoms. The summed E-state index contributed by atoms with van der Waals surface area (Å²) in [4.78, 5) is 23.5. The van der Waals surface area contributed by atoms with Crippen LogP contribution < -0.4 is 10.1 Å². The predicted octanol–water partition coefficient (Wildman–Crippen LogP) is 3.08. The highest BCUT2D eigenvalue weighted by atomic mass is 79.9. The van der Waals surface area contributed by atoms with E-state index in [1.165, 1.54) is 6.07 Å². The molecule has 7 heteroatoms. The molecule has 0 spiro atoms. The Bertz CT molecular complexity index is 697. The first kappa shape index (κ1) is 17.1. The molecule has 2 rings (SSSR count). The summed E-state index contributed by atoms with van der Waals surface area (Å²) in [6, 6.07) is 10.2. The van der Waals surface area contributed by atoms with E-state index in [2.05, 4.69) is 21.2 Å². The zero-order valence-electron chi connectivity index (χ0n) is 12.7. The highest BCUT2D eigenvalue weighted by Crippen LogP contribution is 2.18. The molecule has 2 aromatic rings. The monoisotopic (exact) mass is 381 g/mol. The molecule has 23 heavy (non-hydrogen) atoms. The topological polar surface area (TPSA) is 77.8 Å². The van der Waals surface area contributed by atoms with E-state index >= 15 is 0 Å². The molecule has 1 N–H and O–H groups in total. The minimum absolute atomic E-state index is 0.0329. The van der Waals surface area contributed by atoms with Crippen molar-refractivity contribution < 1.29 is 23.5 Å². The van der Waals surface area contributed by atoms with E-state index in [1.54, 1.807) is 13.2 Å². The zero-order chi connectivity index (χ0) is 16.8. The zero-order valence-corrected chi connectivity index (χ0v) is 14.3. The molecule has 0 aliphatic carbocycles. The second-order valence-corrected chi connectivity index (χ2v) is 5.53. The molecule has 0 unspecified atom stereocenters. The van der Waals surface area contributed by atoms with Crippen LogP contribution >= 0.6 is 15.9 Å². The number of hydrogen-bond acceptors (Lipinski definition) is 5. The first-order chi connectivity index (χ1) is 11.0. The fourth-order valence-electron chi connectivity index (χ4n) is 1.90. The molecule has 122 valence electrons. The molecule has 0 fully saturated rings. The van der Waals surface area contributed by atoms with Gasteiger partial charge in [-0.2, -0.15) is 0 Å². The van der Waals surface area contributed by atoms with Crippen molar-refractivity contribution >= 4 is 27.8 Å².